The summed E-state index contributed by atoms with van der Waals surface area (Å²) in [5.74, 6) is 0.834. The molecule has 4 nitrogen and oxygen atoms in total. The molecule has 2 N–H and O–H groups in total. The van der Waals surface area contributed by atoms with Crippen LogP contribution in [-0.2, 0) is 11.2 Å². The molecular formula is C26H28O4. The van der Waals surface area contributed by atoms with Crippen LogP contribution in [0.1, 0.15) is 35.6 Å². The Labute approximate surface area is 177 Å². The third kappa shape index (κ3) is 4.73. The quantitative estimate of drug-likeness (QED) is 0.634. The first-order chi connectivity index (χ1) is 14.7. The van der Waals surface area contributed by atoms with Crippen LogP contribution in [0.5, 0.6) is 5.75 Å². The smallest absolute Gasteiger partial charge is 0.122 e. The molecule has 1 aliphatic heterocycles. The van der Waals surface area contributed by atoms with Crippen LogP contribution in [0.2, 0.25) is 0 Å². The first-order valence-corrected chi connectivity index (χ1v) is 10.4. The molecule has 1 heterocycles. The summed E-state index contributed by atoms with van der Waals surface area (Å²) in [6, 6.07) is 25.0. The second kappa shape index (κ2) is 9.43. The van der Waals surface area contributed by atoms with Gasteiger partial charge in [0.1, 0.15) is 5.75 Å². The molecule has 0 saturated carbocycles. The zero-order valence-electron chi connectivity index (χ0n) is 17.2. The van der Waals surface area contributed by atoms with Gasteiger partial charge in [-0.25, -0.2) is 0 Å². The minimum absolute atomic E-state index is 0.0790. The standard InChI is InChI=1S/C26H28O4/c1-29-25-12-11-21(26-16-23(28)15-24(17-27)30-26)14-22(25)13-18-7-9-20(10-8-18)19-5-3-2-4-6-19/h2-12,14,23-24,26-28H,13,15-17H2,1H3. The summed E-state index contributed by atoms with van der Waals surface area (Å²) in [6.07, 6.45) is 0.741. The Bertz CT molecular complexity index is 953. The first-order valence-electron chi connectivity index (χ1n) is 10.4. The largest absolute Gasteiger partial charge is 0.496 e. The second-order valence-electron chi connectivity index (χ2n) is 7.87. The van der Waals surface area contributed by atoms with Crippen molar-refractivity contribution in [2.45, 2.75) is 37.6 Å². The molecule has 4 rings (SSSR count). The number of methoxy groups -OCH3 is 1. The minimum Gasteiger partial charge on any atom is -0.496 e. The van der Waals surface area contributed by atoms with Crippen molar-refractivity contribution >= 4 is 0 Å². The van der Waals surface area contributed by atoms with E-state index in [1.165, 1.54) is 16.7 Å². The summed E-state index contributed by atoms with van der Waals surface area (Å²) in [5, 5.41) is 19.6. The lowest BCUT2D eigenvalue weighted by molar-refractivity contribution is -0.113. The molecule has 4 heteroatoms. The van der Waals surface area contributed by atoms with E-state index in [0.717, 1.165) is 23.3 Å². The van der Waals surface area contributed by atoms with Gasteiger partial charge in [0.05, 0.1) is 32.0 Å². The lowest BCUT2D eigenvalue weighted by Gasteiger charge is -2.32. The fourth-order valence-electron chi connectivity index (χ4n) is 4.12. The van der Waals surface area contributed by atoms with Gasteiger partial charge in [0.15, 0.2) is 0 Å². The van der Waals surface area contributed by atoms with E-state index in [1.807, 2.05) is 30.3 Å². The van der Waals surface area contributed by atoms with Crippen molar-refractivity contribution < 1.29 is 19.7 Å². The highest BCUT2D eigenvalue weighted by atomic mass is 16.5. The van der Waals surface area contributed by atoms with Crippen molar-refractivity contribution in [2.75, 3.05) is 13.7 Å². The van der Waals surface area contributed by atoms with Gasteiger partial charge in [0.25, 0.3) is 0 Å². The summed E-state index contributed by atoms with van der Waals surface area (Å²) in [7, 11) is 1.68. The topological polar surface area (TPSA) is 58.9 Å². The highest BCUT2D eigenvalue weighted by molar-refractivity contribution is 5.63. The second-order valence-corrected chi connectivity index (χ2v) is 7.87. The zero-order valence-corrected chi connectivity index (χ0v) is 17.2. The Morgan fingerprint density at radius 1 is 0.933 bits per heavy atom. The monoisotopic (exact) mass is 404 g/mol. The highest BCUT2D eigenvalue weighted by Gasteiger charge is 2.29. The van der Waals surface area contributed by atoms with E-state index in [1.54, 1.807) is 7.11 Å². The number of hydrogen-bond acceptors (Lipinski definition) is 4. The van der Waals surface area contributed by atoms with E-state index >= 15 is 0 Å². The fraction of sp³-hybridized carbons (Fsp3) is 0.308. The number of hydrogen-bond donors (Lipinski definition) is 2. The fourth-order valence-corrected chi connectivity index (χ4v) is 4.12. The number of rotatable bonds is 6. The summed E-state index contributed by atoms with van der Waals surface area (Å²) in [4.78, 5) is 0. The third-order valence-corrected chi connectivity index (χ3v) is 5.71. The molecule has 0 bridgehead atoms. The minimum atomic E-state index is -0.461. The molecule has 3 aromatic carbocycles. The van der Waals surface area contributed by atoms with Crippen molar-refractivity contribution in [3.8, 4) is 16.9 Å². The molecule has 1 fully saturated rings. The molecule has 3 aromatic rings. The lowest BCUT2D eigenvalue weighted by atomic mass is 9.93. The molecule has 1 aliphatic rings. The maximum absolute atomic E-state index is 10.2. The summed E-state index contributed by atoms with van der Waals surface area (Å²) >= 11 is 0. The molecule has 0 amide bonds. The zero-order chi connectivity index (χ0) is 20.9. The van der Waals surface area contributed by atoms with Crippen molar-refractivity contribution in [3.05, 3.63) is 89.5 Å². The van der Waals surface area contributed by atoms with Gasteiger partial charge in [-0.3, -0.25) is 0 Å². The van der Waals surface area contributed by atoms with Gasteiger partial charge >= 0.3 is 0 Å². The van der Waals surface area contributed by atoms with Crippen LogP contribution in [0.25, 0.3) is 11.1 Å². The Morgan fingerprint density at radius 2 is 1.67 bits per heavy atom. The van der Waals surface area contributed by atoms with Crippen molar-refractivity contribution in [2.24, 2.45) is 0 Å². The number of aliphatic hydroxyl groups excluding tert-OH is 2. The normalized spacial score (nSPS) is 21.4. The van der Waals surface area contributed by atoms with Crippen molar-refractivity contribution in [3.63, 3.8) is 0 Å². The van der Waals surface area contributed by atoms with Crippen LogP contribution >= 0.6 is 0 Å². The number of aliphatic hydroxyl groups is 2. The van der Waals surface area contributed by atoms with Crippen LogP contribution in [0, 0.1) is 0 Å². The van der Waals surface area contributed by atoms with Crippen LogP contribution in [0.4, 0.5) is 0 Å². The van der Waals surface area contributed by atoms with Gasteiger partial charge in [0, 0.05) is 19.3 Å². The molecule has 0 spiro atoms. The maximum Gasteiger partial charge on any atom is 0.122 e. The van der Waals surface area contributed by atoms with E-state index < -0.39 is 6.10 Å². The average molecular weight is 405 g/mol. The van der Waals surface area contributed by atoms with Crippen LogP contribution in [-0.4, -0.2) is 36.1 Å². The van der Waals surface area contributed by atoms with E-state index in [4.69, 9.17) is 9.47 Å². The van der Waals surface area contributed by atoms with Crippen LogP contribution < -0.4 is 4.74 Å². The Morgan fingerprint density at radius 3 is 2.37 bits per heavy atom. The van der Waals surface area contributed by atoms with Crippen LogP contribution in [0.3, 0.4) is 0 Å². The molecule has 0 aliphatic carbocycles. The Kier molecular flexibility index (Phi) is 6.48. The maximum atomic E-state index is 10.2. The summed E-state index contributed by atoms with van der Waals surface area (Å²) in [6.45, 7) is -0.0790. The predicted molar refractivity (Wildman–Crippen MR) is 118 cm³/mol. The SMILES string of the molecule is COc1ccc(C2CC(O)CC(CO)O2)cc1Cc1ccc(-c2ccccc2)cc1. The Hall–Kier alpha value is -2.66. The van der Waals surface area contributed by atoms with E-state index in [0.29, 0.717) is 12.8 Å². The van der Waals surface area contributed by atoms with Gasteiger partial charge in [0.2, 0.25) is 0 Å². The van der Waals surface area contributed by atoms with Gasteiger partial charge < -0.3 is 19.7 Å². The first kappa shape index (κ1) is 20.6. The molecular weight excluding hydrogens is 376 g/mol. The van der Waals surface area contributed by atoms with Gasteiger partial charge in [-0.2, -0.15) is 0 Å². The Balaban J connectivity index is 1.55. The molecule has 0 radical (unpaired) electrons. The van der Waals surface area contributed by atoms with E-state index in [2.05, 4.69) is 42.5 Å². The highest BCUT2D eigenvalue weighted by Crippen LogP contribution is 2.34. The van der Waals surface area contributed by atoms with Crippen molar-refractivity contribution in [1.29, 1.82) is 0 Å². The molecule has 30 heavy (non-hydrogen) atoms. The molecule has 0 aromatic heterocycles. The van der Waals surface area contributed by atoms with E-state index in [-0.39, 0.29) is 18.8 Å². The van der Waals surface area contributed by atoms with Gasteiger partial charge in [-0.15, -0.1) is 0 Å². The lowest BCUT2D eigenvalue weighted by Crippen LogP contribution is -2.33. The molecule has 3 unspecified atom stereocenters. The van der Waals surface area contributed by atoms with Gasteiger partial charge in [-0.1, -0.05) is 60.7 Å². The third-order valence-electron chi connectivity index (χ3n) is 5.71. The van der Waals surface area contributed by atoms with Crippen LogP contribution in [0.15, 0.2) is 72.8 Å². The molecule has 3 atom stereocenters. The molecule has 156 valence electrons. The van der Waals surface area contributed by atoms with Gasteiger partial charge in [-0.05, 0) is 39.9 Å². The number of benzene rings is 3. The van der Waals surface area contributed by atoms with Crippen molar-refractivity contribution in [1.82, 2.24) is 0 Å². The summed E-state index contributed by atoms with van der Waals surface area (Å²) < 4.78 is 11.6. The average Bonchev–Trinajstić information content (AvgIpc) is 2.79. The summed E-state index contributed by atoms with van der Waals surface area (Å²) in [5.41, 5.74) is 5.67. The molecule has 1 saturated heterocycles. The van der Waals surface area contributed by atoms with E-state index in [9.17, 15) is 10.2 Å². The number of ether oxygens (including phenoxy) is 2. The predicted octanol–water partition coefficient (Wildman–Crippen LogP) is 4.53.